The van der Waals surface area contributed by atoms with E-state index in [-0.39, 0.29) is 35.6 Å². The summed E-state index contributed by atoms with van der Waals surface area (Å²) < 4.78 is 1.42. The monoisotopic (exact) mass is 723 g/mol. The molecule has 4 aromatic rings. The van der Waals surface area contributed by atoms with E-state index in [1.807, 2.05) is 0 Å². The van der Waals surface area contributed by atoms with E-state index in [1.165, 1.54) is 88.6 Å². The Hall–Kier alpha value is -2.31. The van der Waals surface area contributed by atoms with Crippen LogP contribution in [0, 0.1) is 6.07 Å². The van der Waals surface area contributed by atoms with Gasteiger partial charge in [-0.05, 0) is 41.2 Å². The van der Waals surface area contributed by atoms with Crippen molar-refractivity contribution >= 4 is 8.78 Å². The first-order valence-electron chi connectivity index (χ1n) is 16.3. The molecule has 0 atom stereocenters. The molecule has 3 heteroatoms. The molecular formula is C43H47Cl2Zr-. The number of halogens is 2. The second-order valence-corrected chi connectivity index (χ2v) is 15.4. The van der Waals surface area contributed by atoms with Crippen LogP contribution in [0.2, 0.25) is 0 Å². The molecule has 2 aliphatic carbocycles. The molecule has 0 nitrogen and oxygen atoms in total. The number of fused-ring (bicyclic) bond motifs is 3. The van der Waals surface area contributed by atoms with Crippen molar-refractivity contribution in [1.82, 2.24) is 0 Å². The summed E-state index contributed by atoms with van der Waals surface area (Å²) in [4.78, 5) is 0. The van der Waals surface area contributed by atoms with Gasteiger partial charge in [0, 0.05) is 0 Å². The van der Waals surface area contributed by atoms with Crippen molar-refractivity contribution < 1.29 is 49.0 Å². The van der Waals surface area contributed by atoms with Crippen molar-refractivity contribution in [1.29, 1.82) is 0 Å². The molecule has 0 N–H and O–H groups in total. The van der Waals surface area contributed by atoms with Gasteiger partial charge in [-0.3, -0.25) is 0 Å². The zero-order chi connectivity index (χ0) is 31.6. The fourth-order valence-corrected chi connectivity index (χ4v) is 7.40. The van der Waals surface area contributed by atoms with Crippen molar-refractivity contribution in [2.45, 2.75) is 91.9 Å². The molecule has 0 aromatic heterocycles. The molecule has 0 saturated heterocycles. The molecule has 238 valence electrons. The normalized spacial score (nSPS) is 13.0. The first-order valence-corrected chi connectivity index (χ1v) is 17.5. The average molecular weight is 726 g/mol. The standard InChI is InChI=1S/C30H37.C13H10.2ClH.Zr/c1-9-19-16-23(29(3,4)5)17-21-15-22-18-25(30(6,7)8)27(20-13-11-12-14-20)24(10-2)28(22)26(19)21;1-3-7-12(8-4-1)11-13-9-5-2-6-10-13;;;/h11-13,16-17H,9-10,14-15H2,1-8H3;1-10H;2*1H;/q-1;;;;+2/p-2. The first-order chi connectivity index (χ1) is 20.9. The summed E-state index contributed by atoms with van der Waals surface area (Å²) in [6, 6.07) is 30.0. The van der Waals surface area contributed by atoms with Crippen LogP contribution in [0.5, 0.6) is 0 Å². The topological polar surface area (TPSA) is 0 Å². The van der Waals surface area contributed by atoms with Crippen LogP contribution < -0.4 is 24.8 Å². The van der Waals surface area contributed by atoms with E-state index in [0.717, 1.165) is 25.7 Å². The number of allylic oxidation sites excluding steroid dienone is 4. The van der Waals surface area contributed by atoms with Crippen molar-refractivity contribution in [3.05, 3.63) is 147 Å². The maximum atomic E-state index is 3.97. The van der Waals surface area contributed by atoms with Crippen LogP contribution in [0.25, 0.3) is 16.7 Å². The minimum atomic E-state index is 0. The van der Waals surface area contributed by atoms with E-state index in [1.54, 1.807) is 5.56 Å². The third kappa shape index (κ3) is 8.04. The van der Waals surface area contributed by atoms with E-state index in [4.69, 9.17) is 0 Å². The van der Waals surface area contributed by atoms with Crippen molar-refractivity contribution in [2.24, 2.45) is 0 Å². The second kappa shape index (κ2) is 15.7. The Balaban J connectivity index is 0.000000304. The Morgan fingerprint density at radius 1 is 0.739 bits per heavy atom. The Bertz CT molecular complexity index is 1690. The molecule has 0 radical (unpaired) electrons. The predicted octanol–water partition coefficient (Wildman–Crippen LogP) is 4.93. The average Bonchev–Trinajstić information content (AvgIpc) is 3.68. The number of hydrogen-bond acceptors (Lipinski definition) is 0. The molecule has 0 fully saturated rings. The van der Waals surface area contributed by atoms with E-state index in [0.29, 0.717) is 0 Å². The molecule has 0 saturated carbocycles. The van der Waals surface area contributed by atoms with Crippen LogP contribution in [0.4, 0.5) is 0 Å². The molecule has 6 rings (SSSR count). The minimum absolute atomic E-state index is 0. The molecule has 0 unspecified atom stereocenters. The SMILES string of the molecule is CCc1cc(C(C)(C)C)cc2c1-c1c([c-]c(C(C)(C)C)c(C3=CC=CC3)c1CC)C2.[Cl-].[Cl-].[Zr+2]=[C](c1ccccc1)c1ccccc1. The molecule has 4 aromatic carbocycles. The van der Waals surface area contributed by atoms with E-state index >= 15 is 0 Å². The Labute approximate surface area is 306 Å². The van der Waals surface area contributed by atoms with Gasteiger partial charge < -0.3 is 24.8 Å². The summed E-state index contributed by atoms with van der Waals surface area (Å²) >= 11 is 1.46. The van der Waals surface area contributed by atoms with Gasteiger partial charge in [0.15, 0.2) is 0 Å². The van der Waals surface area contributed by atoms with Gasteiger partial charge in [0.1, 0.15) is 0 Å². The van der Waals surface area contributed by atoms with Gasteiger partial charge in [0.25, 0.3) is 0 Å². The van der Waals surface area contributed by atoms with Gasteiger partial charge >= 0.3 is 99.2 Å². The molecule has 46 heavy (non-hydrogen) atoms. The van der Waals surface area contributed by atoms with Crippen molar-refractivity contribution in [3.8, 4) is 11.1 Å². The van der Waals surface area contributed by atoms with E-state index < -0.39 is 0 Å². The number of benzene rings is 4. The third-order valence-electron chi connectivity index (χ3n) is 8.92. The van der Waals surface area contributed by atoms with Crippen LogP contribution >= 0.6 is 0 Å². The molecule has 2 aliphatic rings. The Morgan fingerprint density at radius 2 is 1.33 bits per heavy atom. The fraction of sp³-hybridized carbons (Fsp3) is 0.326. The number of hydrogen-bond donors (Lipinski definition) is 0. The van der Waals surface area contributed by atoms with Crippen LogP contribution in [0.3, 0.4) is 0 Å². The Morgan fingerprint density at radius 3 is 1.78 bits per heavy atom. The van der Waals surface area contributed by atoms with E-state index in [9.17, 15) is 0 Å². The molecule has 0 amide bonds. The third-order valence-corrected chi connectivity index (χ3v) is 10.3. The first kappa shape index (κ1) is 38.1. The van der Waals surface area contributed by atoms with Gasteiger partial charge in [-0.15, -0.1) is 27.8 Å². The van der Waals surface area contributed by atoms with Crippen LogP contribution in [-0.2, 0) is 54.3 Å². The summed E-state index contributed by atoms with van der Waals surface area (Å²) in [5, 5.41) is 0. The van der Waals surface area contributed by atoms with Gasteiger partial charge in [-0.1, -0.05) is 109 Å². The van der Waals surface area contributed by atoms with Gasteiger partial charge in [-0.25, -0.2) is 0 Å². The van der Waals surface area contributed by atoms with Gasteiger partial charge in [0.05, 0.1) is 0 Å². The van der Waals surface area contributed by atoms with Crippen LogP contribution in [0.15, 0.2) is 91.0 Å². The van der Waals surface area contributed by atoms with Gasteiger partial charge in [-0.2, -0.15) is 6.07 Å². The second-order valence-electron chi connectivity index (χ2n) is 14.2. The van der Waals surface area contributed by atoms with Crippen LogP contribution in [0.1, 0.15) is 112 Å². The van der Waals surface area contributed by atoms with Crippen LogP contribution in [-0.4, -0.2) is 3.21 Å². The van der Waals surface area contributed by atoms with E-state index in [2.05, 4.69) is 152 Å². The molecule has 0 heterocycles. The van der Waals surface area contributed by atoms with Crippen molar-refractivity contribution in [2.75, 3.05) is 0 Å². The van der Waals surface area contributed by atoms with Gasteiger partial charge in [0.2, 0.25) is 0 Å². The predicted molar refractivity (Wildman–Crippen MR) is 188 cm³/mol. The quantitative estimate of drug-likeness (QED) is 0.226. The summed E-state index contributed by atoms with van der Waals surface area (Å²) in [6.45, 7) is 18.7. The molecule has 0 aliphatic heterocycles. The molecule has 0 spiro atoms. The number of rotatable bonds is 5. The summed E-state index contributed by atoms with van der Waals surface area (Å²) in [5.74, 6) is 0. The number of aryl methyl sites for hydroxylation is 1. The summed E-state index contributed by atoms with van der Waals surface area (Å²) in [5.41, 5.74) is 17.7. The summed E-state index contributed by atoms with van der Waals surface area (Å²) in [7, 11) is 0. The van der Waals surface area contributed by atoms with Crippen molar-refractivity contribution in [3.63, 3.8) is 0 Å². The molecular weight excluding hydrogens is 679 g/mol. The fourth-order valence-electron chi connectivity index (χ4n) is 6.58. The summed E-state index contributed by atoms with van der Waals surface area (Å²) in [6.07, 6.45) is 11.0. The Kier molecular flexibility index (Phi) is 13.0. The molecule has 0 bridgehead atoms. The zero-order valence-corrected chi connectivity index (χ0v) is 32.7. The zero-order valence-electron chi connectivity index (χ0n) is 28.7. The maximum absolute atomic E-state index is 3.97.